The summed E-state index contributed by atoms with van der Waals surface area (Å²) in [4.78, 5) is 14.1. The number of anilines is 1. The molecule has 0 aliphatic rings. The van der Waals surface area contributed by atoms with Crippen molar-refractivity contribution < 1.29 is 22.7 Å². The highest BCUT2D eigenvalue weighted by Crippen LogP contribution is 2.37. The predicted octanol–water partition coefficient (Wildman–Crippen LogP) is 4.68. The second-order valence-corrected chi connectivity index (χ2v) is 9.01. The minimum Gasteiger partial charge on any atom is -0.495 e. The first kappa shape index (κ1) is 24.1. The van der Waals surface area contributed by atoms with Gasteiger partial charge in [-0.3, -0.25) is 9.52 Å². The van der Waals surface area contributed by atoms with Gasteiger partial charge in [0.15, 0.2) is 0 Å². The Kier molecular flexibility index (Phi) is 8.23. The largest absolute Gasteiger partial charge is 0.495 e. The second-order valence-electron chi connectivity index (χ2n) is 6.51. The molecule has 2 aromatic carbocycles. The number of unbranched alkanes of at least 4 members (excludes halogenated alkanes) is 1. The lowest BCUT2D eigenvalue weighted by molar-refractivity contribution is 0.0793. The maximum atomic E-state index is 13.0. The summed E-state index contributed by atoms with van der Waals surface area (Å²) in [5.74, 6) is 0.214. The molecular formula is C20H24Cl2N2O5S. The van der Waals surface area contributed by atoms with Gasteiger partial charge in [0.2, 0.25) is 0 Å². The van der Waals surface area contributed by atoms with Crippen molar-refractivity contribution in [3.05, 3.63) is 45.9 Å². The topological polar surface area (TPSA) is 84.9 Å². The van der Waals surface area contributed by atoms with Gasteiger partial charge in [-0.05, 0) is 30.7 Å². The van der Waals surface area contributed by atoms with E-state index < -0.39 is 10.0 Å². The van der Waals surface area contributed by atoms with E-state index in [0.717, 1.165) is 12.8 Å². The van der Waals surface area contributed by atoms with Crippen LogP contribution in [-0.4, -0.2) is 47.0 Å². The van der Waals surface area contributed by atoms with Crippen LogP contribution in [0, 0.1) is 0 Å². The van der Waals surface area contributed by atoms with Gasteiger partial charge in [-0.1, -0.05) is 36.5 Å². The standard InChI is InChI=1S/C20H24Cl2N2O5S/c1-5-6-9-24(2)20(25)14-10-13(7-8-15(14)21)30(26,27)23-17-11-16(22)18(28-3)12-19(17)29-4/h7-8,10-12,23H,5-6,9H2,1-4H3. The molecule has 0 fully saturated rings. The molecule has 1 N–H and O–H groups in total. The van der Waals surface area contributed by atoms with Crippen LogP contribution in [0.4, 0.5) is 5.69 Å². The van der Waals surface area contributed by atoms with Crippen LogP contribution in [0.2, 0.25) is 10.0 Å². The molecule has 164 valence electrons. The number of halogens is 2. The molecule has 0 heterocycles. The van der Waals surface area contributed by atoms with Crippen LogP contribution in [-0.2, 0) is 10.0 Å². The average Bonchev–Trinajstić information content (AvgIpc) is 2.71. The number of sulfonamides is 1. The van der Waals surface area contributed by atoms with Gasteiger partial charge in [0.1, 0.15) is 11.5 Å². The molecule has 0 aromatic heterocycles. The van der Waals surface area contributed by atoms with Crippen molar-refractivity contribution in [2.45, 2.75) is 24.7 Å². The van der Waals surface area contributed by atoms with E-state index in [0.29, 0.717) is 12.3 Å². The van der Waals surface area contributed by atoms with Gasteiger partial charge < -0.3 is 14.4 Å². The fraction of sp³-hybridized carbons (Fsp3) is 0.350. The Labute approximate surface area is 186 Å². The van der Waals surface area contributed by atoms with Gasteiger partial charge >= 0.3 is 0 Å². The van der Waals surface area contributed by atoms with E-state index in [9.17, 15) is 13.2 Å². The Hall–Kier alpha value is -2.16. The number of carbonyl (C=O) groups is 1. The third-order valence-corrected chi connectivity index (χ3v) is 6.38. The van der Waals surface area contributed by atoms with Gasteiger partial charge in [-0.2, -0.15) is 0 Å². The molecule has 2 aromatic rings. The first-order valence-corrected chi connectivity index (χ1v) is 11.4. The van der Waals surface area contributed by atoms with E-state index in [1.807, 2.05) is 6.92 Å². The third-order valence-electron chi connectivity index (χ3n) is 4.39. The van der Waals surface area contributed by atoms with Crippen LogP contribution >= 0.6 is 23.2 Å². The number of hydrogen-bond donors (Lipinski definition) is 1. The first-order chi connectivity index (χ1) is 14.1. The third kappa shape index (κ3) is 5.50. The van der Waals surface area contributed by atoms with Gasteiger partial charge in [-0.25, -0.2) is 8.42 Å². The summed E-state index contributed by atoms with van der Waals surface area (Å²) in [6.07, 6.45) is 1.76. The molecule has 30 heavy (non-hydrogen) atoms. The van der Waals surface area contributed by atoms with E-state index in [4.69, 9.17) is 32.7 Å². The van der Waals surface area contributed by atoms with Crippen LogP contribution in [0.3, 0.4) is 0 Å². The molecule has 0 aliphatic carbocycles. The number of amides is 1. The summed E-state index contributed by atoms with van der Waals surface area (Å²) >= 11 is 12.3. The van der Waals surface area contributed by atoms with E-state index in [-0.39, 0.29) is 37.8 Å². The normalized spacial score (nSPS) is 11.1. The monoisotopic (exact) mass is 474 g/mol. The van der Waals surface area contributed by atoms with Crippen LogP contribution in [0.5, 0.6) is 11.5 Å². The summed E-state index contributed by atoms with van der Waals surface area (Å²) in [6.45, 7) is 2.56. The Morgan fingerprint density at radius 2 is 1.73 bits per heavy atom. The number of nitrogens with one attached hydrogen (secondary N) is 1. The lowest BCUT2D eigenvalue weighted by Gasteiger charge is -2.18. The number of rotatable bonds is 9. The summed E-state index contributed by atoms with van der Waals surface area (Å²) in [5, 5.41) is 0.382. The zero-order chi connectivity index (χ0) is 22.5. The van der Waals surface area contributed by atoms with Crippen molar-refractivity contribution in [2.75, 3.05) is 32.5 Å². The van der Waals surface area contributed by atoms with Crippen molar-refractivity contribution in [1.82, 2.24) is 4.90 Å². The molecule has 0 bridgehead atoms. The van der Waals surface area contributed by atoms with Gasteiger partial charge in [0, 0.05) is 19.7 Å². The highest BCUT2D eigenvalue weighted by atomic mass is 35.5. The van der Waals surface area contributed by atoms with E-state index in [2.05, 4.69) is 4.72 Å². The van der Waals surface area contributed by atoms with E-state index >= 15 is 0 Å². The zero-order valence-corrected chi connectivity index (χ0v) is 19.5. The fourth-order valence-corrected chi connectivity index (χ4v) is 4.21. The summed E-state index contributed by atoms with van der Waals surface area (Å²) in [7, 11) is 0.428. The number of nitrogens with zero attached hydrogens (tertiary/aromatic N) is 1. The quantitative estimate of drug-likeness (QED) is 0.569. The lowest BCUT2D eigenvalue weighted by Crippen LogP contribution is -2.28. The number of hydrogen-bond acceptors (Lipinski definition) is 5. The lowest BCUT2D eigenvalue weighted by atomic mass is 10.2. The molecule has 1 amide bonds. The van der Waals surface area contributed by atoms with Crippen LogP contribution in [0.1, 0.15) is 30.1 Å². The van der Waals surface area contributed by atoms with E-state index in [1.165, 1.54) is 49.5 Å². The predicted molar refractivity (Wildman–Crippen MR) is 119 cm³/mol. The average molecular weight is 475 g/mol. The molecule has 0 radical (unpaired) electrons. The highest BCUT2D eigenvalue weighted by Gasteiger charge is 2.22. The molecule has 0 unspecified atom stereocenters. The zero-order valence-electron chi connectivity index (χ0n) is 17.2. The molecule has 0 aliphatic heterocycles. The maximum absolute atomic E-state index is 13.0. The second kappa shape index (κ2) is 10.2. The van der Waals surface area contributed by atoms with Gasteiger partial charge in [-0.15, -0.1) is 0 Å². The minimum atomic E-state index is -4.06. The van der Waals surface area contributed by atoms with Gasteiger partial charge in [0.05, 0.1) is 40.4 Å². The van der Waals surface area contributed by atoms with Crippen LogP contribution in [0.25, 0.3) is 0 Å². The smallest absolute Gasteiger partial charge is 0.262 e. The van der Waals surface area contributed by atoms with Crippen molar-refractivity contribution in [1.29, 1.82) is 0 Å². The molecule has 0 saturated carbocycles. The van der Waals surface area contributed by atoms with Gasteiger partial charge in [0.25, 0.3) is 15.9 Å². The number of ether oxygens (including phenoxy) is 2. The Morgan fingerprint density at radius 3 is 2.33 bits per heavy atom. The highest BCUT2D eigenvalue weighted by molar-refractivity contribution is 7.92. The number of methoxy groups -OCH3 is 2. The molecule has 10 heteroatoms. The molecule has 7 nitrogen and oxygen atoms in total. The summed E-state index contributed by atoms with van der Waals surface area (Å²) in [6, 6.07) is 6.82. The fourth-order valence-electron chi connectivity index (χ4n) is 2.68. The van der Waals surface area contributed by atoms with Crippen molar-refractivity contribution in [3.8, 4) is 11.5 Å². The maximum Gasteiger partial charge on any atom is 0.262 e. The van der Waals surface area contributed by atoms with Crippen LogP contribution in [0.15, 0.2) is 35.2 Å². The Morgan fingerprint density at radius 1 is 1.07 bits per heavy atom. The minimum absolute atomic E-state index is 0.109. The number of carbonyl (C=O) groups excluding carboxylic acids is 1. The summed E-state index contributed by atoms with van der Waals surface area (Å²) < 4.78 is 38.7. The van der Waals surface area contributed by atoms with Crippen molar-refractivity contribution >= 4 is 44.8 Å². The Balaban J connectivity index is 2.40. The van der Waals surface area contributed by atoms with Crippen LogP contribution < -0.4 is 14.2 Å². The summed E-state index contributed by atoms with van der Waals surface area (Å²) in [5.41, 5.74) is 0.240. The van der Waals surface area contributed by atoms with Crippen molar-refractivity contribution in [2.24, 2.45) is 0 Å². The van der Waals surface area contributed by atoms with Crippen molar-refractivity contribution in [3.63, 3.8) is 0 Å². The molecular weight excluding hydrogens is 451 g/mol. The van der Waals surface area contributed by atoms with E-state index in [1.54, 1.807) is 7.05 Å². The molecule has 0 spiro atoms. The first-order valence-electron chi connectivity index (χ1n) is 9.14. The molecule has 0 atom stereocenters. The number of benzene rings is 2. The SMILES string of the molecule is CCCCN(C)C(=O)c1cc(S(=O)(=O)Nc2cc(Cl)c(OC)cc2OC)ccc1Cl. The Bertz CT molecular complexity index is 1030. The molecule has 2 rings (SSSR count). The molecule has 0 saturated heterocycles.